The quantitative estimate of drug-likeness (QED) is 0.746. The Morgan fingerprint density at radius 1 is 1.40 bits per heavy atom. The van der Waals surface area contributed by atoms with Crippen molar-refractivity contribution in [2.45, 2.75) is 45.4 Å². The van der Waals surface area contributed by atoms with Gasteiger partial charge in [-0.05, 0) is 12.8 Å². The Labute approximate surface area is 88.5 Å². The molecule has 0 saturated heterocycles. The summed E-state index contributed by atoms with van der Waals surface area (Å²) < 4.78 is 4.99. The zero-order valence-electron chi connectivity index (χ0n) is 8.90. The third-order valence-corrected chi connectivity index (χ3v) is 2.05. The fourth-order valence-electron chi connectivity index (χ4n) is 1.22. The molecule has 84 valence electrons. The van der Waals surface area contributed by atoms with Crippen LogP contribution in [0.15, 0.2) is 4.52 Å². The van der Waals surface area contributed by atoms with Crippen molar-refractivity contribution in [1.29, 1.82) is 0 Å². The molecule has 1 N–H and O–H groups in total. The van der Waals surface area contributed by atoms with Crippen molar-refractivity contribution in [2.24, 2.45) is 0 Å². The first-order valence-corrected chi connectivity index (χ1v) is 5.25. The molecule has 0 spiro atoms. The van der Waals surface area contributed by atoms with E-state index >= 15 is 0 Å². The van der Waals surface area contributed by atoms with Crippen molar-refractivity contribution in [3.8, 4) is 0 Å². The number of carboxylic acids is 1. The van der Waals surface area contributed by atoms with Gasteiger partial charge < -0.3 is 9.63 Å². The second kappa shape index (κ2) is 6.16. The largest absolute Gasteiger partial charge is 0.481 e. The lowest BCUT2D eigenvalue weighted by molar-refractivity contribution is -0.137. The zero-order valence-corrected chi connectivity index (χ0v) is 8.90. The summed E-state index contributed by atoms with van der Waals surface area (Å²) in [6.45, 7) is 2.11. The Kier molecular flexibility index (Phi) is 4.80. The minimum atomic E-state index is -0.791. The molecule has 0 aromatic carbocycles. The molecule has 1 rings (SSSR count). The van der Waals surface area contributed by atoms with Crippen LogP contribution in [-0.4, -0.2) is 21.2 Å². The minimum absolute atomic E-state index is 0.146. The van der Waals surface area contributed by atoms with E-state index in [1.54, 1.807) is 0 Å². The third kappa shape index (κ3) is 4.58. The highest BCUT2D eigenvalue weighted by Crippen LogP contribution is 2.05. The van der Waals surface area contributed by atoms with Gasteiger partial charge in [0.1, 0.15) is 0 Å². The van der Waals surface area contributed by atoms with Gasteiger partial charge in [0.15, 0.2) is 5.82 Å². The van der Waals surface area contributed by atoms with Crippen LogP contribution in [0.1, 0.15) is 44.3 Å². The molecule has 0 amide bonds. The molecule has 0 atom stereocenters. The third-order valence-electron chi connectivity index (χ3n) is 2.05. The van der Waals surface area contributed by atoms with Crippen LogP contribution < -0.4 is 0 Å². The average molecular weight is 212 g/mol. The van der Waals surface area contributed by atoms with E-state index in [2.05, 4.69) is 17.1 Å². The summed E-state index contributed by atoms with van der Waals surface area (Å²) in [6.07, 6.45) is 4.22. The van der Waals surface area contributed by atoms with E-state index in [4.69, 9.17) is 9.63 Å². The molecule has 0 aliphatic carbocycles. The van der Waals surface area contributed by atoms with Crippen LogP contribution in [0.25, 0.3) is 0 Å². The Morgan fingerprint density at radius 2 is 2.20 bits per heavy atom. The summed E-state index contributed by atoms with van der Waals surface area (Å²) in [5.74, 6) is 0.477. The maximum atomic E-state index is 10.3. The van der Waals surface area contributed by atoms with Gasteiger partial charge in [0.25, 0.3) is 0 Å². The van der Waals surface area contributed by atoms with Crippen LogP contribution in [0.2, 0.25) is 0 Å². The molecule has 0 radical (unpaired) electrons. The normalized spacial score (nSPS) is 10.5. The van der Waals surface area contributed by atoms with Crippen molar-refractivity contribution in [3.05, 3.63) is 11.7 Å². The Balaban J connectivity index is 2.29. The second-order valence-electron chi connectivity index (χ2n) is 3.46. The molecule has 5 nitrogen and oxygen atoms in total. The molecule has 0 bridgehead atoms. The maximum absolute atomic E-state index is 10.3. The van der Waals surface area contributed by atoms with Gasteiger partial charge in [-0.1, -0.05) is 18.5 Å². The van der Waals surface area contributed by atoms with E-state index in [1.807, 2.05) is 0 Å². The highest BCUT2D eigenvalue weighted by molar-refractivity contribution is 5.66. The Morgan fingerprint density at radius 3 is 2.87 bits per heavy atom. The molecular weight excluding hydrogens is 196 g/mol. The number of carbonyl (C=O) groups is 1. The summed E-state index contributed by atoms with van der Waals surface area (Å²) >= 11 is 0. The van der Waals surface area contributed by atoms with Crippen LogP contribution >= 0.6 is 0 Å². The van der Waals surface area contributed by atoms with Crippen LogP contribution in [0.5, 0.6) is 0 Å². The van der Waals surface area contributed by atoms with Gasteiger partial charge in [-0.15, -0.1) is 0 Å². The van der Waals surface area contributed by atoms with Gasteiger partial charge in [0.2, 0.25) is 5.89 Å². The van der Waals surface area contributed by atoms with E-state index in [0.717, 1.165) is 25.1 Å². The highest BCUT2D eigenvalue weighted by atomic mass is 16.5. The van der Waals surface area contributed by atoms with E-state index in [1.165, 1.54) is 0 Å². The number of unbranched alkanes of at least 4 members (excludes halogenated alkanes) is 1. The summed E-state index contributed by atoms with van der Waals surface area (Å²) in [6, 6.07) is 0. The number of aliphatic carboxylic acids is 1. The molecule has 0 unspecified atom stereocenters. The van der Waals surface area contributed by atoms with E-state index in [0.29, 0.717) is 18.7 Å². The predicted octanol–water partition coefficient (Wildman–Crippen LogP) is 1.82. The molecule has 0 fully saturated rings. The number of carboxylic acid groups (broad SMARTS) is 1. The van der Waals surface area contributed by atoms with Crippen molar-refractivity contribution in [3.63, 3.8) is 0 Å². The summed E-state index contributed by atoms with van der Waals surface area (Å²) in [4.78, 5) is 14.4. The fourth-order valence-corrected chi connectivity index (χ4v) is 1.22. The highest BCUT2D eigenvalue weighted by Gasteiger charge is 2.06. The Hall–Kier alpha value is -1.39. The van der Waals surface area contributed by atoms with Gasteiger partial charge in [0.05, 0.1) is 0 Å². The first-order chi connectivity index (χ1) is 7.22. The lowest BCUT2D eigenvalue weighted by Crippen LogP contribution is -1.96. The summed E-state index contributed by atoms with van der Waals surface area (Å²) in [5, 5.41) is 12.3. The second-order valence-corrected chi connectivity index (χ2v) is 3.46. The average Bonchev–Trinajstić information content (AvgIpc) is 2.62. The monoisotopic (exact) mass is 212 g/mol. The van der Waals surface area contributed by atoms with Crippen LogP contribution in [0.3, 0.4) is 0 Å². The molecule has 1 aromatic rings. The first-order valence-electron chi connectivity index (χ1n) is 5.25. The zero-order chi connectivity index (χ0) is 11.1. The molecule has 1 aromatic heterocycles. The fraction of sp³-hybridized carbons (Fsp3) is 0.700. The van der Waals surface area contributed by atoms with Crippen LogP contribution in [-0.2, 0) is 17.6 Å². The molecular formula is C10H16N2O3. The molecule has 5 heteroatoms. The van der Waals surface area contributed by atoms with E-state index in [-0.39, 0.29) is 6.42 Å². The van der Waals surface area contributed by atoms with E-state index < -0.39 is 5.97 Å². The maximum Gasteiger partial charge on any atom is 0.303 e. The number of hydrogen-bond donors (Lipinski definition) is 1. The number of aryl methyl sites for hydroxylation is 2. The predicted molar refractivity (Wildman–Crippen MR) is 53.5 cm³/mol. The lowest BCUT2D eigenvalue weighted by atomic mass is 10.2. The van der Waals surface area contributed by atoms with Gasteiger partial charge in [0, 0.05) is 19.3 Å². The van der Waals surface area contributed by atoms with Gasteiger partial charge >= 0.3 is 5.97 Å². The molecule has 1 heterocycles. The van der Waals surface area contributed by atoms with Crippen molar-refractivity contribution in [2.75, 3.05) is 0 Å². The van der Waals surface area contributed by atoms with Crippen LogP contribution in [0.4, 0.5) is 0 Å². The van der Waals surface area contributed by atoms with Crippen LogP contribution in [0, 0.1) is 0 Å². The van der Waals surface area contributed by atoms with Gasteiger partial charge in [-0.3, -0.25) is 4.79 Å². The Bertz CT molecular complexity index is 309. The molecule has 0 aliphatic heterocycles. The number of nitrogens with zero attached hydrogens (tertiary/aromatic N) is 2. The van der Waals surface area contributed by atoms with Crippen molar-refractivity contribution in [1.82, 2.24) is 10.1 Å². The lowest BCUT2D eigenvalue weighted by Gasteiger charge is -1.90. The summed E-state index contributed by atoms with van der Waals surface area (Å²) in [7, 11) is 0. The minimum Gasteiger partial charge on any atom is -0.481 e. The topological polar surface area (TPSA) is 76.2 Å². The van der Waals surface area contributed by atoms with Gasteiger partial charge in [-0.25, -0.2) is 0 Å². The SMILES string of the molecule is CCCCc1noc(CCCC(=O)O)n1. The standard InChI is InChI=1S/C10H16N2O3/c1-2-3-5-8-11-9(15-12-8)6-4-7-10(13)14/h2-7H2,1H3,(H,13,14). The van der Waals surface area contributed by atoms with Crippen molar-refractivity contribution < 1.29 is 14.4 Å². The molecule has 15 heavy (non-hydrogen) atoms. The molecule has 0 saturated carbocycles. The van der Waals surface area contributed by atoms with Gasteiger partial charge in [-0.2, -0.15) is 4.98 Å². The number of hydrogen-bond acceptors (Lipinski definition) is 4. The first kappa shape index (κ1) is 11.7. The van der Waals surface area contributed by atoms with E-state index in [9.17, 15) is 4.79 Å². The van der Waals surface area contributed by atoms with Crippen molar-refractivity contribution >= 4 is 5.97 Å². The summed E-state index contributed by atoms with van der Waals surface area (Å²) in [5.41, 5.74) is 0. The molecule has 0 aliphatic rings. The smallest absolute Gasteiger partial charge is 0.303 e. The number of rotatable bonds is 7. The number of aromatic nitrogens is 2.